The van der Waals surface area contributed by atoms with Crippen LogP contribution in [0.3, 0.4) is 0 Å². The van der Waals surface area contributed by atoms with Gasteiger partial charge in [0.2, 0.25) is 5.91 Å². The van der Waals surface area contributed by atoms with Crippen molar-refractivity contribution in [3.05, 3.63) is 46.9 Å². The molecule has 33 heavy (non-hydrogen) atoms. The van der Waals surface area contributed by atoms with Crippen molar-refractivity contribution in [3.8, 4) is 5.75 Å². The van der Waals surface area contributed by atoms with Crippen molar-refractivity contribution in [2.24, 2.45) is 5.92 Å². The Morgan fingerprint density at radius 3 is 2.67 bits per heavy atom. The minimum Gasteiger partial charge on any atom is -0.493 e. The standard InChI is InChI=1S/C26H30N2O4S/c1-3-4-15-32-22-10-9-19-7-5-6-8-20(19)21(22)16-23-25(30)28(26(31)33-23)17-24(29)27-13-11-18(2)12-14-27/h5-10,16,18H,3-4,11-15,17H2,1-2H3/b23-16-. The highest BCUT2D eigenvalue weighted by atomic mass is 32.2. The molecule has 2 fully saturated rings. The van der Waals surface area contributed by atoms with E-state index in [2.05, 4.69) is 13.8 Å². The summed E-state index contributed by atoms with van der Waals surface area (Å²) in [6.45, 7) is 6.02. The van der Waals surface area contributed by atoms with E-state index in [1.807, 2.05) is 36.4 Å². The summed E-state index contributed by atoms with van der Waals surface area (Å²) in [7, 11) is 0. The van der Waals surface area contributed by atoms with E-state index in [1.54, 1.807) is 11.0 Å². The van der Waals surface area contributed by atoms with E-state index in [0.29, 0.717) is 36.3 Å². The molecule has 0 bridgehead atoms. The summed E-state index contributed by atoms with van der Waals surface area (Å²) in [6, 6.07) is 11.8. The smallest absolute Gasteiger partial charge is 0.294 e. The summed E-state index contributed by atoms with van der Waals surface area (Å²) >= 11 is 0.884. The van der Waals surface area contributed by atoms with Gasteiger partial charge in [-0.1, -0.05) is 50.6 Å². The minimum absolute atomic E-state index is 0.167. The normalized spacial score (nSPS) is 18.5. The molecule has 3 amide bonds. The molecular weight excluding hydrogens is 436 g/mol. The highest BCUT2D eigenvalue weighted by molar-refractivity contribution is 8.18. The molecule has 0 radical (unpaired) electrons. The van der Waals surface area contributed by atoms with Gasteiger partial charge in [-0.3, -0.25) is 19.3 Å². The highest BCUT2D eigenvalue weighted by Crippen LogP contribution is 2.37. The van der Waals surface area contributed by atoms with Crippen molar-refractivity contribution in [1.82, 2.24) is 9.80 Å². The molecule has 0 N–H and O–H groups in total. The van der Waals surface area contributed by atoms with E-state index in [1.165, 1.54) is 0 Å². The molecule has 7 heteroatoms. The van der Waals surface area contributed by atoms with E-state index in [-0.39, 0.29) is 12.5 Å². The van der Waals surface area contributed by atoms with E-state index in [0.717, 1.165) is 58.7 Å². The number of likely N-dealkylation sites (tertiary alicyclic amines) is 1. The molecule has 0 aliphatic carbocycles. The second kappa shape index (κ2) is 10.4. The molecule has 2 aliphatic rings. The average Bonchev–Trinajstić information content (AvgIpc) is 3.08. The number of piperidine rings is 1. The van der Waals surface area contributed by atoms with Crippen LogP contribution in [0.15, 0.2) is 41.3 Å². The molecule has 2 aliphatic heterocycles. The van der Waals surface area contributed by atoms with Crippen LogP contribution < -0.4 is 4.74 Å². The molecule has 0 spiro atoms. The Hall–Kier alpha value is -2.80. The van der Waals surface area contributed by atoms with Crippen LogP contribution in [0.5, 0.6) is 5.75 Å². The number of ether oxygens (including phenoxy) is 1. The van der Waals surface area contributed by atoms with Gasteiger partial charge in [-0.2, -0.15) is 0 Å². The lowest BCUT2D eigenvalue weighted by molar-refractivity contribution is -0.136. The average molecular weight is 467 g/mol. The number of hydrogen-bond acceptors (Lipinski definition) is 5. The first-order valence-electron chi connectivity index (χ1n) is 11.7. The first-order valence-corrected chi connectivity index (χ1v) is 12.5. The third kappa shape index (κ3) is 5.24. The number of thioether (sulfide) groups is 1. The Morgan fingerprint density at radius 1 is 1.15 bits per heavy atom. The zero-order chi connectivity index (χ0) is 23.4. The molecule has 2 aromatic rings. The Morgan fingerprint density at radius 2 is 1.91 bits per heavy atom. The van der Waals surface area contributed by atoms with Gasteiger partial charge >= 0.3 is 0 Å². The summed E-state index contributed by atoms with van der Waals surface area (Å²) in [5.74, 6) is 0.700. The van der Waals surface area contributed by atoms with Crippen LogP contribution in [0.25, 0.3) is 16.8 Å². The highest BCUT2D eigenvalue weighted by Gasteiger charge is 2.37. The molecule has 2 heterocycles. The van der Waals surface area contributed by atoms with Gasteiger partial charge in [-0.15, -0.1) is 0 Å². The Balaban J connectivity index is 1.58. The first-order chi connectivity index (χ1) is 16.0. The van der Waals surface area contributed by atoms with Crippen LogP contribution in [0.2, 0.25) is 0 Å². The second-order valence-electron chi connectivity index (χ2n) is 8.73. The van der Waals surface area contributed by atoms with E-state index in [9.17, 15) is 14.4 Å². The van der Waals surface area contributed by atoms with Gasteiger partial charge in [0.1, 0.15) is 12.3 Å². The number of rotatable bonds is 7. The molecule has 0 aromatic heterocycles. The molecule has 0 saturated carbocycles. The van der Waals surface area contributed by atoms with Crippen molar-refractivity contribution >= 4 is 45.7 Å². The van der Waals surface area contributed by atoms with Gasteiger partial charge in [0.15, 0.2) is 0 Å². The molecule has 2 saturated heterocycles. The first kappa shape index (κ1) is 23.4. The SMILES string of the molecule is CCCCOc1ccc2ccccc2c1/C=C1\SC(=O)N(CC(=O)N2CCC(C)CC2)C1=O. The minimum atomic E-state index is -0.420. The van der Waals surface area contributed by atoms with Gasteiger partial charge in [0, 0.05) is 18.7 Å². The third-order valence-electron chi connectivity index (χ3n) is 6.26. The maximum Gasteiger partial charge on any atom is 0.294 e. The van der Waals surface area contributed by atoms with Crippen molar-refractivity contribution in [3.63, 3.8) is 0 Å². The maximum absolute atomic E-state index is 13.1. The number of carbonyl (C=O) groups excluding carboxylic acids is 3. The zero-order valence-corrected chi connectivity index (χ0v) is 20.0. The molecule has 2 aromatic carbocycles. The lowest BCUT2D eigenvalue weighted by Gasteiger charge is -2.31. The summed E-state index contributed by atoms with van der Waals surface area (Å²) in [4.78, 5) is 41.6. The van der Waals surface area contributed by atoms with Crippen LogP contribution in [0.4, 0.5) is 4.79 Å². The van der Waals surface area contributed by atoms with Crippen LogP contribution in [-0.4, -0.2) is 53.1 Å². The number of unbranched alkanes of at least 4 members (excludes halogenated alkanes) is 1. The Kier molecular flexibility index (Phi) is 7.38. The maximum atomic E-state index is 13.1. The lowest BCUT2D eigenvalue weighted by atomic mass is 9.99. The van der Waals surface area contributed by atoms with E-state index >= 15 is 0 Å². The van der Waals surface area contributed by atoms with Crippen molar-refractivity contribution in [2.45, 2.75) is 39.5 Å². The third-order valence-corrected chi connectivity index (χ3v) is 7.17. The van der Waals surface area contributed by atoms with Gasteiger partial charge in [-0.25, -0.2) is 0 Å². The van der Waals surface area contributed by atoms with Gasteiger partial charge in [0.25, 0.3) is 11.1 Å². The van der Waals surface area contributed by atoms with E-state index in [4.69, 9.17) is 4.74 Å². The molecule has 4 rings (SSSR count). The largest absolute Gasteiger partial charge is 0.493 e. The van der Waals surface area contributed by atoms with Crippen LogP contribution in [0, 0.1) is 5.92 Å². The quantitative estimate of drug-likeness (QED) is 0.408. The molecular formula is C26H30N2O4S. The number of carbonyl (C=O) groups is 3. The Bertz CT molecular complexity index is 1090. The molecule has 174 valence electrons. The number of nitrogens with zero attached hydrogens (tertiary/aromatic N) is 2. The van der Waals surface area contributed by atoms with Crippen molar-refractivity contribution in [2.75, 3.05) is 26.2 Å². The van der Waals surface area contributed by atoms with Crippen molar-refractivity contribution in [1.29, 1.82) is 0 Å². The Labute approximate surface area is 198 Å². The fourth-order valence-corrected chi connectivity index (χ4v) is 4.96. The summed E-state index contributed by atoms with van der Waals surface area (Å²) < 4.78 is 6.01. The van der Waals surface area contributed by atoms with Gasteiger partial charge < -0.3 is 9.64 Å². The topological polar surface area (TPSA) is 66.9 Å². The van der Waals surface area contributed by atoms with E-state index < -0.39 is 11.1 Å². The molecule has 6 nitrogen and oxygen atoms in total. The number of imide groups is 1. The lowest BCUT2D eigenvalue weighted by Crippen LogP contribution is -2.45. The second-order valence-corrected chi connectivity index (χ2v) is 9.72. The van der Waals surface area contributed by atoms with Crippen LogP contribution in [-0.2, 0) is 9.59 Å². The summed E-state index contributed by atoms with van der Waals surface area (Å²) in [5.41, 5.74) is 0.783. The predicted molar refractivity (Wildman–Crippen MR) is 132 cm³/mol. The fraction of sp³-hybridized carbons (Fsp3) is 0.423. The van der Waals surface area contributed by atoms with Crippen LogP contribution >= 0.6 is 11.8 Å². The predicted octanol–water partition coefficient (Wildman–Crippen LogP) is 5.31. The summed E-state index contributed by atoms with van der Waals surface area (Å²) in [5, 5.41) is 1.58. The zero-order valence-electron chi connectivity index (χ0n) is 19.2. The van der Waals surface area contributed by atoms with Gasteiger partial charge in [0.05, 0.1) is 11.5 Å². The molecule has 0 atom stereocenters. The molecule has 0 unspecified atom stereocenters. The monoisotopic (exact) mass is 466 g/mol. The number of fused-ring (bicyclic) bond motifs is 1. The number of amides is 3. The van der Waals surface area contributed by atoms with Crippen molar-refractivity contribution < 1.29 is 19.1 Å². The number of benzene rings is 2. The van der Waals surface area contributed by atoms with Crippen LogP contribution in [0.1, 0.15) is 45.1 Å². The fourth-order valence-electron chi connectivity index (χ4n) is 4.14. The van der Waals surface area contributed by atoms with Gasteiger partial charge in [-0.05, 0) is 59.9 Å². The summed E-state index contributed by atoms with van der Waals surface area (Å²) in [6.07, 6.45) is 5.60. The number of hydrogen-bond donors (Lipinski definition) is 0.